The highest BCUT2D eigenvalue weighted by atomic mass is 16.6. The van der Waals surface area contributed by atoms with Crippen molar-refractivity contribution in [1.82, 2.24) is 24.4 Å². The van der Waals surface area contributed by atoms with Crippen molar-refractivity contribution in [3.8, 4) is 22.9 Å². The predicted octanol–water partition coefficient (Wildman–Crippen LogP) is 3.69. The molecule has 3 aromatic rings. The normalized spacial score (nSPS) is 16.7. The summed E-state index contributed by atoms with van der Waals surface area (Å²) in [5.41, 5.74) is 1.91. The van der Waals surface area contributed by atoms with Gasteiger partial charge in [0, 0.05) is 37.2 Å². The Kier molecular flexibility index (Phi) is 8.30. The SMILES string of the molecule is COc1cc(-n2cnc(Nc3nc4c(c(N5CCCC5CO)n3)CN(C(=O)OC(C)(C)C)CC4)c2)cc(OC)c1OC. The van der Waals surface area contributed by atoms with Crippen molar-refractivity contribution in [2.75, 3.05) is 51.2 Å². The van der Waals surface area contributed by atoms with Crippen LogP contribution in [0, 0.1) is 0 Å². The molecule has 0 saturated carbocycles. The lowest BCUT2D eigenvalue weighted by atomic mass is 10.1. The lowest BCUT2D eigenvalue weighted by Gasteiger charge is -2.34. The number of imidazole rings is 1. The summed E-state index contributed by atoms with van der Waals surface area (Å²) in [5, 5.41) is 13.3. The molecule has 2 aliphatic rings. The molecule has 1 fully saturated rings. The zero-order chi connectivity index (χ0) is 30.0. The van der Waals surface area contributed by atoms with Crippen LogP contribution >= 0.6 is 0 Å². The van der Waals surface area contributed by atoms with E-state index in [0.717, 1.165) is 42.1 Å². The summed E-state index contributed by atoms with van der Waals surface area (Å²) >= 11 is 0. The summed E-state index contributed by atoms with van der Waals surface area (Å²) in [6.07, 6.45) is 5.49. The molecule has 13 heteroatoms. The first-order valence-corrected chi connectivity index (χ1v) is 14.0. The Morgan fingerprint density at radius 3 is 2.48 bits per heavy atom. The number of hydrogen-bond acceptors (Lipinski definition) is 11. The highest BCUT2D eigenvalue weighted by Gasteiger charge is 2.33. The summed E-state index contributed by atoms with van der Waals surface area (Å²) in [6.45, 7) is 7.17. The van der Waals surface area contributed by atoms with Crippen molar-refractivity contribution >= 4 is 23.7 Å². The smallest absolute Gasteiger partial charge is 0.410 e. The third kappa shape index (κ3) is 6.01. The minimum absolute atomic E-state index is 0.0243. The number of methoxy groups -OCH3 is 3. The fourth-order valence-electron chi connectivity index (χ4n) is 5.34. The van der Waals surface area contributed by atoms with Gasteiger partial charge in [-0.05, 0) is 33.6 Å². The molecule has 2 aliphatic heterocycles. The minimum atomic E-state index is -0.590. The van der Waals surface area contributed by atoms with E-state index < -0.39 is 5.60 Å². The Labute approximate surface area is 245 Å². The topological polar surface area (TPSA) is 136 Å². The van der Waals surface area contributed by atoms with Gasteiger partial charge in [0.1, 0.15) is 17.7 Å². The molecule has 2 N–H and O–H groups in total. The van der Waals surface area contributed by atoms with Crippen LogP contribution in [0.2, 0.25) is 0 Å². The van der Waals surface area contributed by atoms with Gasteiger partial charge in [-0.15, -0.1) is 0 Å². The molecule has 0 spiro atoms. The number of nitrogens with zero attached hydrogens (tertiary/aromatic N) is 6. The first kappa shape index (κ1) is 29.2. The summed E-state index contributed by atoms with van der Waals surface area (Å²) in [5.74, 6) is 3.22. The maximum absolute atomic E-state index is 12.9. The number of anilines is 3. The Bertz CT molecular complexity index is 1410. The number of aliphatic hydroxyl groups is 1. The van der Waals surface area contributed by atoms with Crippen LogP contribution in [0.25, 0.3) is 5.69 Å². The van der Waals surface area contributed by atoms with Gasteiger partial charge in [0.25, 0.3) is 0 Å². The number of amides is 1. The summed E-state index contributed by atoms with van der Waals surface area (Å²) < 4.78 is 23.9. The quantitative estimate of drug-likeness (QED) is 0.403. The van der Waals surface area contributed by atoms with Gasteiger partial charge >= 0.3 is 6.09 Å². The predicted molar refractivity (Wildman–Crippen MR) is 156 cm³/mol. The van der Waals surface area contributed by atoms with Crippen molar-refractivity contribution < 1.29 is 28.8 Å². The van der Waals surface area contributed by atoms with E-state index in [-0.39, 0.29) is 18.7 Å². The zero-order valence-corrected chi connectivity index (χ0v) is 25.0. The number of fused-ring (bicyclic) bond motifs is 1. The van der Waals surface area contributed by atoms with E-state index in [2.05, 4.69) is 15.2 Å². The van der Waals surface area contributed by atoms with Crippen LogP contribution in [0.4, 0.5) is 22.4 Å². The molecule has 0 aliphatic carbocycles. The van der Waals surface area contributed by atoms with Crippen molar-refractivity contribution in [2.45, 2.75) is 58.2 Å². The number of ether oxygens (including phenoxy) is 4. The van der Waals surface area contributed by atoms with Crippen molar-refractivity contribution in [2.24, 2.45) is 0 Å². The van der Waals surface area contributed by atoms with E-state index in [1.807, 2.05) is 43.7 Å². The van der Waals surface area contributed by atoms with E-state index in [1.54, 1.807) is 32.6 Å². The van der Waals surface area contributed by atoms with E-state index >= 15 is 0 Å². The second-order valence-corrected chi connectivity index (χ2v) is 11.3. The lowest BCUT2D eigenvalue weighted by molar-refractivity contribution is 0.0223. The molecule has 13 nitrogen and oxygen atoms in total. The standard InChI is InChI=1S/C29H39N7O6/c1-29(2,3)42-28(38)34-11-9-21-20(14-34)26(36-10-7-8-18(36)16-37)33-27(31-21)32-24-15-35(17-30-24)19-12-22(39-4)25(41-6)23(13-19)40-5/h12-13,15,17-18,37H,7-11,14,16H2,1-6H3,(H,31,32,33). The molecule has 0 bridgehead atoms. The monoisotopic (exact) mass is 581 g/mol. The molecule has 226 valence electrons. The van der Waals surface area contributed by atoms with Gasteiger partial charge < -0.3 is 43.7 Å². The van der Waals surface area contributed by atoms with Gasteiger partial charge in [-0.3, -0.25) is 0 Å². The highest BCUT2D eigenvalue weighted by Crippen LogP contribution is 2.39. The minimum Gasteiger partial charge on any atom is -0.493 e. The second-order valence-electron chi connectivity index (χ2n) is 11.3. The van der Waals surface area contributed by atoms with Gasteiger partial charge in [-0.25, -0.2) is 14.8 Å². The van der Waals surface area contributed by atoms with Gasteiger partial charge in [-0.1, -0.05) is 0 Å². The largest absolute Gasteiger partial charge is 0.493 e. The van der Waals surface area contributed by atoms with Crippen LogP contribution in [-0.4, -0.2) is 88.3 Å². The molecule has 1 atom stereocenters. The number of carbonyl (C=O) groups is 1. The van der Waals surface area contributed by atoms with Gasteiger partial charge in [0.15, 0.2) is 17.3 Å². The van der Waals surface area contributed by atoms with Crippen LogP contribution in [0.1, 0.15) is 44.9 Å². The third-order valence-electron chi connectivity index (χ3n) is 7.32. The molecule has 1 unspecified atom stereocenters. The van der Waals surface area contributed by atoms with Crippen molar-refractivity contribution in [3.05, 3.63) is 35.9 Å². The lowest BCUT2D eigenvalue weighted by Crippen LogP contribution is -2.42. The average Bonchev–Trinajstić information content (AvgIpc) is 3.64. The summed E-state index contributed by atoms with van der Waals surface area (Å²) in [4.78, 5) is 30.9. The van der Waals surface area contributed by atoms with Gasteiger partial charge in [0.05, 0.1) is 58.1 Å². The van der Waals surface area contributed by atoms with Gasteiger partial charge in [0.2, 0.25) is 11.7 Å². The maximum atomic E-state index is 12.9. The highest BCUT2D eigenvalue weighted by molar-refractivity contribution is 5.70. The number of nitrogens with one attached hydrogen (secondary N) is 1. The number of aliphatic hydroxyl groups excluding tert-OH is 1. The van der Waals surface area contributed by atoms with E-state index in [1.165, 1.54) is 0 Å². The zero-order valence-electron chi connectivity index (χ0n) is 25.0. The molecule has 1 aromatic carbocycles. The van der Waals surface area contributed by atoms with Crippen molar-refractivity contribution in [1.29, 1.82) is 0 Å². The van der Waals surface area contributed by atoms with E-state index in [0.29, 0.717) is 48.5 Å². The van der Waals surface area contributed by atoms with Gasteiger partial charge in [-0.2, -0.15) is 4.98 Å². The fraction of sp³-hybridized carbons (Fsp3) is 0.517. The number of hydrogen-bond donors (Lipinski definition) is 2. The van der Waals surface area contributed by atoms with Crippen LogP contribution in [-0.2, 0) is 17.7 Å². The Balaban J connectivity index is 1.45. The van der Waals surface area contributed by atoms with E-state index in [4.69, 9.17) is 28.9 Å². The Morgan fingerprint density at radius 1 is 1.10 bits per heavy atom. The molecular formula is C29H39N7O6. The first-order chi connectivity index (χ1) is 20.1. The molecule has 42 heavy (non-hydrogen) atoms. The van der Waals surface area contributed by atoms with Crippen LogP contribution < -0.4 is 24.4 Å². The maximum Gasteiger partial charge on any atom is 0.410 e. The Hall–Kier alpha value is -4.26. The molecule has 4 heterocycles. The third-order valence-corrected chi connectivity index (χ3v) is 7.32. The van der Waals surface area contributed by atoms with Crippen LogP contribution in [0.5, 0.6) is 17.2 Å². The molecular weight excluding hydrogens is 542 g/mol. The first-order valence-electron chi connectivity index (χ1n) is 14.0. The Morgan fingerprint density at radius 2 is 1.83 bits per heavy atom. The fourth-order valence-corrected chi connectivity index (χ4v) is 5.34. The number of rotatable bonds is 8. The number of carbonyl (C=O) groups excluding carboxylic acids is 1. The number of benzene rings is 1. The number of aromatic nitrogens is 4. The molecule has 2 aromatic heterocycles. The molecule has 1 saturated heterocycles. The van der Waals surface area contributed by atoms with Crippen molar-refractivity contribution in [3.63, 3.8) is 0 Å². The second kappa shape index (κ2) is 11.9. The molecule has 0 radical (unpaired) electrons. The van der Waals surface area contributed by atoms with Crippen LogP contribution in [0.15, 0.2) is 24.7 Å². The summed E-state index contributed by atoms with van der Waals surface area (Å²) in [6, 6.07) is 3.62. The molecule has 5 rings (SSSR count). The van der Waals surface area contributed by atoms with E-state index in [9.17, 15) is 9.90 Å². The molecule has 1 amide bonds. The van der Waals surface area contributed by atoms with Crippen LogP contribution in [0.3, 0.4) is 0 Å². The summed E-state index contributed by atoms with van der Waals surface area (Å²) in [7, 11) is 4.70. The average molecular weight is 582 g/mol.